The van der Waals surface area contributed by atoms with Crippen molar-refractivity contribution in [3.63, 3.8) is 0 Å². The average molecular weight is 305 g/mol. The Bertz CT molecular complexity index is 340. The molecule has 0 amide bonds. The number of sulfonamides is 1. The quantitative estimate of drug-likeness (QED) is 0.581. The van der Waals surface area contributed by atoms with E-state index in [4.69, 9.17) is 0 Å². The highest BCUT2D eigenvalue weighted by atomic mass is 32.2. The first-order valence-electron chi connectivity index (χ1n) is 7.93. The van der Waals surface area contributed by atoms with Crippen LogP contribution in [0.15, 0.2) is 0 Å². The van der Waals surface area contributed by atoms with E-state index in [2.05, 4.69) is 17.1 Å². The second-order valence-corrected chi connectivity index (χ2v) is 7.84. The minimum atomic E-state index is -3.07. The Balaban J connectivity index is 2.14. The maximum absolute atomic E-state index is 12.1. The Morgan fingerprint density at radius 1 is 1.15 bits per heavy atom. The van der Waals surface area contributed by atoms with Crippen LogP contribution in [0.5, 0.6) is 0 Å². The van der Waals surface area contributed by atoms with E-state index < -0.39 is 10.0 Å². The van der Waals surface area contributed by atoms with Crippen LogP contribution in [0.1, 0.15) is 39.0 Å². The lowest BCUT2D eigenvalue weighted by Gasteiger charge is -2.21. The fraction of sp³-hybridized carbons (Fsp3) is 1.00. The molecule has 20 heavy (non-hydrogen) atoms. The zero-order chi connectivity index (χ0) is 14.8. The Labute approximate surface area is 124 Å². The average Bonchev–Trinajstić information content (AvgIpc) is 2.93. The maximum Gasteiger partial charge on any atom is 0.213 e. The third kappa shape index (κ3) is 7.02. The fourth-order valence-electron chi connectivity index (χ4n) is 2.42. The number of hydrogen-bond donors (Lipinski definition) is 1. The lowest BCUT2D eigenvalue weighted by atomic mass is 10.3. The lowest BCUT2D eigenvalue weighted by Crippen LogP contribution is -2.36. The van der Waals surface area contributed by atoms with E-state index >= 15 is 0 Å². The molecule has 0 saturated carbocycles. The molecule has 0 spiro atoms. The van der Waals surface area contributed by atoms with Gasteiger partial charge in [0.25, 0.3) is 0 Å². The number of nitrogens with zero attached hydrogens (tertiary/aromatic N) is 2. The van der Waals surface area contributed by atoms with Crippen LogP contribution in [0.2, 0.25) is 0 Å². The molecule has 1 heterocycles. The first-order valence-corrected chi connectivity index (χ1v) is 9.54. The molecule has 0 aromatic carbocycles. The van der Waals surface area contributed by atoms with E-state index in [0.29, 0.717) is 6.54 Å². The lowest BCUT2D eigenvalue weighted by molar-refractivity contribution is 0.310. The topological polar surface area (TPSA) is 52.7 Å². The summed E-state index contributed by atoms with van der Waals surface area (Å²) in [4.78, 5) is 2.35. The highest BCUT2D eigenvalue weighted by Gasteiger charge is 2.19. The molecule has 1 fully saturated rings. The Morgan fingerprint density at radius 2 is 1.85 bits per heavy atom. The molecule has 0 bridgehead atoms. The molecular weight excluding hydrogens is 274 g/mol. The summed E-state index contributed by atoms with van der Waals surface area (Å²) in [5.74, 6) is 0.275. The third-order valence-corrected chi connectivity index (χ3v) is 5.77. The molecule has 1 saturated heterocycles. The summed E-state index contributed by atoms with van der Waals surface area (Å²) in [5, 5.41) is 3.30. The van der Waals surface area contributed by atoms with Crippen molar-refractivity contribution in [2.24, 2.45) is 0 Å². The van der Waals surface area contributed by atoms with Gasteiger partial charge in [0.05, 0.1) is 5.75 Å². The summed E-state index contributed by atoms with van der Waals surface area (Å²) in [5.41, 5.74) is 0. The maximum atomic E-state index is 12.1. The van der Waals surface area contributed by atoms with Gasteiger partial charge in [0.15, 0.2) is 0 Å². The molecule has 0 aromatic rings. The number of likely N-dealkylation sites (N-methyl/N-ethyl adjacent to an activating group) is 1. The number of nitrogens with one attached hydrogen (secondary N) is 1. The van der Waals surface area contributed by atoms with E-state index in [-0.39, 0.29) is 5.75 Å². The highest BCUT2D eigenvalue weighted by molar-refractivity contribution is 7.89. The normalized spacial score (nSPS) is 17.1. The van der Waals surface area contributed by atoms with Crippen LogP contribution in [-0.4, -0.2) is 69.7 Å². The summed E-state index contributed by atoms with van der Waals surface area (Å²) in [6.07, 6.45) is 5.30. The van der Waals surface area contributed by atoms with Crippen molar-refractivity contribution in [2.75, 3.05) is 52.1 Å². The predicted octanol–water partition coefficient (Wildman–Crippen LogP) is 1.12. The molecule has 1 rings (SSSR count). The molecule has 6 heteroatoms. The van der Waals surface area contributed by atoms with Crippen LogP contribution in [0.25, 0.3) is 0 Å². The number of likely N-dealkylation sites (tertiary alicyclic amines) is 1. The summed E-state index contributed by atoms with van der Waals surface area (Å²) < 4.78 is 25.8. The van der Waals surface area contributed by atoms with Gasteiger partial charge in [-0.3, -0.25) is 0 Å². The molecule has 0 atom stereocenters. The molecule has 5 nitrogen and oxygen atoms in total. The highest BCUT2D eigenvalue weighted by Crippen LogP contribution is 2.08. The van der Waals surface area contributed by atoms with Crippen molar-refractivity contribution in [2.45, 2.75) is 39.0 Å². The molecular formula is C14H31N3O2S. The largest absolute Gasteiger partial charge is 0.317 e. The zero-order valence-corrected chi connectivity index (χ0v) is 13.9. The molecule has 1 aliphatic heterocycles. The minimum absolute atomic E-state index is 0.275. The van der Waals surface area contributed by atoms with Crippen molar-refractivity contribution >= 4 is 10.0 Å². The monoisotopic (exact) mass is 305 g/mol. The molecule has 0 aromatic heterocycles. The SMILES string of the molecule is CCCNCCCCS(=O)(=O)N(C)CCN1CCCC1. The van der Waals surface area contributed by atoms with E-state index in [1.807, 2.05) is 0 Å². The smallest absolute Gasteiger partial charge is 0.213 e. The molecule has 0 aliphatic carbocycles. The van der Waals surface area contributed by atoms with Crippen LogP contribution in [0, 0.1) is 0 Å². The van der Waals surface area contributed by atoms with Gasteiger partial charge >= 0.3 is 0 Å². The molecule has 0 radical (unpaired) electrons. The van der Waals surface area contributed by atoms with E-state index in [9.17, 15) is 8.42 Å². The number of unbranched alkanes of at least 4 members (excludes halogenated alkanes) is 1. The van der Waals surface area contributed by atoms with Crippen LogP contribution in [-0.2, 0) is 10.0 Å². The van der Waals surface area contributed by atoms with Gasteiger partial charge in [-0.2, -0.15) is 0 Å². The standard InChI is InChI=1S/C14H31N3O2S/c1-3-8-15-9-4-7-14-20(18,19)16(2)12-13-17-10-5-6-11-17/h15H,3-14H2,1-2H3. The molecule has 120 valence electrons. The Morgan fingerprint density at radius 3 is 2.50 bits per heavy atom. The van der Waals surface area contributed by atoms with E-state index in [1.165, 1.54) is 17.1 Å². The first-order chi connectivity index (χ1) is 9.56. The van der Waals surface area contributed by atoms with Crippen LogP contribution >= 0.6 is 0 Å². The van der Waals surface area contributed by atoms with Gasteiger partial charge in [-0.25, -0.2) is 12.7 Å². The van der Waals surface area contributed by atoms with Gasteiger partial charge in [-0.15, -0.1) is 0 Å². The van der Waals surface area contributed by atoms with Gasteiger partial charge in [-0.05, 0) is 58.3 Å². The fourth-order valence-corrected chi connectivity index (χ4v) is 3.66. The Kier molecular flexibility index (Phi) is 8.68. The van der Waals surface area contributed by atoms with Crippen molar-refractivity contribution in [1.29, 1.82) is 0 Å². The Hall–Kier alpha value is -0.170. The molecule has 0 unspecified atom stereocenters. The second kappa shape index (κ2) is 9.71. The minimum Gasteiger partial charge on any atom is -0.317 e. The van der Waals surface area contributed by atoms with Crippen molar-refractivity contribution in [1.82, 2.24) is 14.5 Å². The van der Waals surface area contributed by atoms with Gasteiger partial charge < -0.3 is 10.2 Å². The van der Waals surface area contributed by atoms with Crippen LogP contribution in [0.3, 0.4) is 0 Å². The summed E-state index contributed by atoms with van der Waals surface area (Å²) in [6, 6.07) is 0. The molecule has 1 N–H and O–H groups in total. The van der Waals surface area contributed by atoms with Crippen LogP contribution in [0.4, 0.5) is 0 Å². The van der Waals surface area contributed by atoms with Crippen molar-refractivity contribution in [3.8, 4) is 0 Å². The summed E-state index contributed by atoms with van der Waals surface area (Å²) in [6.45, 7) is 7.80. The zero-order valence-electron chi connectivity index (χ0n) is 13.1. The van der Waals surface area contributed by atoms with E-state index in [1.54, 1.807) is 7.05 Å². The van der Waals surface area contributed by atoms with Crippen LogP contribution < -0.4 is 5.32 Å². The molecule has 1 aliphatic rings. The number of rotatable bonds is 11. The summed E-state index contributed by atoms with van der Waals surface area (Å²) >= 11 is 0. The van der Waals surface area contributed by atoms with Gasteiger partial charge in [-0.1, -0.05) is 6.92 Å². The van der Waals surface area contributed by atoms with Crippen molar-refractivity contribution < 1.29 is 8.42 Å². The predicted molar refractivity (Wildman–Crippen MR) is 84.5 cm³/mol. The first kappa shape index (κ1) is 17.9. The van der Waals surface area contributed by atoms with Gasteiger partial charge in [0.2, 0.25) is 10.0 Å². The number of hydrogen-bond acceptors (Lipinski definition) is 4. The van der Waals surface area contributed by atoms with Gasteiger partial charge in [0, 0.05) is 20.1 Å². The van der Waals surface area contributed by atoms with E-state index in [0.717, 1.165) is 52.0 Å². The van der Waals surface area contributed by atoms with Crippen molar-refractivity contribution in [3.05, 3.63) is 0 Å². The van der Waals surface area contributed by atoms with Gasteiger partial charge in [0.1, 0.15) is 0 Å². The third-order valence-electron chi connectivity index (χ3n) is 3.84. The summed E-state index contributed by atoms with van der Waals surface area (Å²) in [7, 11) is -1.36. The second-order valence-electron chi connectivity index (χ2n) is 5.64.